The lowest BCUT2D eigenvalue weighted by atomic mass is 9.94. The molecule has 2 heterocycles. The van der Waals surface area contributed by atoms with Crippen molar-refractivity contribution in [1.82, 2.24) is 15.5 Å². The smallest absolute Gasteiger partial charge is 0.265 e. The van der Waals surface area contributed by atoms with E-state index in [0.717, 1.165) is 25.3 Å². The summed E-state index contributed by atoms with van der Waals surface area (Å²) in [5, 5.41) is 7.43. The Bertz CT molecular complexity index is 328. The Morgan fingerprint density at radius 1 is 1.53 bits per heavy atom. The van der Waals surface area contributed by atoms with Gasteiger partial charge in [0.05, 0.1) is 5.54 Å². The minimum Gasteiger partial charge on any atom is -0.344 e. The maximum absolute atomic E-state index is 5.34. The zero-order valence-corrected chi connectivity index (χ0v) is 9.58. The fourth-order valence-electron chi connectivity index (χ4n) is 2.03. The lowest BCUT2D eigenvalue weighted by Crippen LogP contribution is -2.36. The summed E-state index contributed by atoms with van der Waals surface area (Å²) >= 11 is 0. The molecule has 1 N–H and O–H groups in total. The Hall–Kier alpha value is -1.10. The summed E-state index contributed by atoms with van der Waals surface area (Å²) in [5.41, 5.74) is -0.0821. The maximum atomic E-state index is 5.34. The first-order valence-electron chi connectivity index (χ1n) is 5.44. The second kappa shape index (κ2) is 3.81. The van der Waals surface area contributed by atoms with Gasteiger partial charge in [-0.3, -0.25) is 0 Å². The van der Waals surface area contributed by atoms with Crippen molar-refractivity contribution in [2.75, 3.05) is 25.5 Å². The third-order valence-corrected chi connectivity index (χ3v) is 3.07. The third kappa shape index (κ3) is 1.71. The van der Waals surface area contributed by atoms with Gasteiger partial charge in [-0.25, -0.2) is 0 Å². The highest BCUT2D eigenvalue weighted by atomic mass is 16.5. The highest BCUT2D eigenvalue weighted by Crippen LogP contribution is 2.33. The standard InChI is InChI=1S/C10H18N4O/c1-4-10(6-5-7-11-10)8-12-9(13-15-8)14(2)3/h11H,4-7H2,1-3H3. The van der Waals surface area contributed by atoms with Crippen molar-refractivity contribution in [1.29, 1.82) is 0 Å². The molecule has 5 nitrogen and oxygen atoms in total. The van der Waals surface area contributed by atoms with Crippen LogP contribution in [0.1, 0.15) is 32.1 Å². The van der Waals surface area contributed by atoms with Crippen LogP contribution in [0.25, 0.3) is 0 Å². The summed E-state index contributed by atoms with van der Waals surface area (Å²) in [5.74, 6) is 1.37. The Balaban J connectivity index is 2.27. The van der Waals surface area contributed by atoms with E-state index in [1.54, 1.807) is 0 Å². The number of nitrogens with zero attached hydrogens (tertiary/aromatic N) is 3. The highest BCUT2D eigenvalue weighted by molar-refractivity contribution is 5.25. The van der Waals surface area contributed by atoms with Crippen molar-refractivity contribution in [3.8, 4) is 0 Å². The molecule has 1 saturated heterocycles. The van der Waals surface area contributed by atoms with E-state index in [1.165, 1.54) is 6.42 Å². The molecule has 1 aromatic rings. The Labute approximate surface area is 89.8 Å². The van der Waals surface area contributed by atoms with Gasteiger partial charge < -0.3 is 14.7 Å². The van der Waals surface area contributed by atoms with Crippen molar-refractivity contribution in [2.24, 2.45) is 0 Å². The number of anilines is 1. The molecule has 5 heteroatoms. The molecule has 0 aliphatic carbocycles. The van der Waals surface area contributed by atoms with E-state index in [2.05, 4.69) is 22.4 Å². The average molecular weight is 210 g/mol. The van der Waals surface area contributed by atoms with Crippen LogP contribution in [0.5, 0.6) is 0 Å². The van der Waals surface area contributed by atoms with Crippen LogP contribution < -0.4 is 10.2 Å². The van der Waals surface area contributed by atoms with E-state index >= 15 is 0 Å². The molecule has 0 saturated carbocycles. The largest absolute Gasteiger partial charge is 0.344 e. The molecule has 1 fully saturated rings. The Morgan fingerprint density at radius 2 is 2.33 bits per heavy atom. The number of rotatable bonds is 3. The molecule has 0 bridgehead atoms. The minimum absolute atomic E-state index is 0.0821. The van der Waals surface area contributed by atoms with Crippen LogP contribution in [0.2, 0.25) is 0 Å². The van der Waals surface area contributed by atoms with Crippen LogP contribution in [0, 0.1) is 0 Å². The predicted molar refractivity (Wildman–Crippen MR) is 57.8 cm³/mol. The molecular weight excluding hydrogens is 192 g/mol. The topological polar surface area (TPSA) is 54.2 Å². The molecule has 1 aliphatic heterocycles. The van der Waals surface area contributed by atoms with Crippen LogP contribution in [0.15, 0.2) is 4.52 Å². The summed E-state index contributed by atoms with van der Waals surface area (Å²) < 4.78 is 5.34. The van der Waals surface area contributed by atoms with Crippen molar-refractivity contribution in [2.45, 2.75) is 31.7 Å². The molecule has 0 radical (unpaired) electrons. The molecule has 0 aromatic carbocycles. The van der Waals surface area contributed by atoms with Gasteiger partial charge in [-0.05, 0) is 31.0 Å². The van der Waals surface area contributed by atoms with E-state index in [4.69, 9.17) is 4.52 Å². The Morgan fingerprint density at radius 3 is 2.80 bits per heavy atom. The van der Waals surface area contributed by atoms with Crippen LogP contribution in [-0.4, -0.2) is 30.8 Å². The number of nitrogens with one attached hydrogen (secondary N) is 1. The molecule has 1 aromatic heterocycles. The van der Waals surface area contributed by atoms with Gasteiger partial charge in [0.25, 0.3) is 5.95 Å². The molecular formula is C10H18N4O. The Kier molecular flexibility index (Phi) is 2.65. The summed E-state index contributed by atoms with van der Waals surface area (Å²) in [6.45, 7) is 3.19. The number of hydrogen-bond acceptors (Lipinski definition) is 5. The lowest BCUT2D eigenvalue weighted by Gasteiger charge is -2.22. The quantitative estimate of drug-likeness (QED) is 0.810. The summed E-state index contributed by atoms with van der Waals surface area (Å²) in [6, 6.07) is 0. The zero-order valence-electron chi connectivity index (χ0n) is 9.58. The van der Waals surface area contributed by atoms with E-state index in [1.807, 2.05) is 19.0 Å². The summed E-state index contributed by atoms with van der Waals surface area (Å²) in [7, 11) is 3.82. The first-order valence-corrected chi connectivity index (χ1v) is 5.44. The summed E-state index contributed by atoms with van der Waals surface area (Å²) in [6.07, 6.45) is 3.24. The van der Waals surface area contributed by atoms with Gasteiger partial charge in [-0.1, -0.05) is 6.92 Å². The third-order valence-electron chi connectivity index (χ3n) is 3.07. The fourth-order valence-corrected chi connectivity index (χ4v) is 2.03. The van der Waals surface area contributed by atoms with Crippen molar-refractivity contribution < 1.29 is 4.52 Å². The van der Waals surface area contributed by atoms with Crippen molar-refractivity contribution in [3.63, 3.8) is 0 Å². The maximum Gasteiger partial charge on any atom is 0.265 e. The summed E-state index contributed by atoms with van der Waals surface area (Å²) in [4.78, 5) is 6.27. The number of aromatic nitrogens is 2. The van der Waals surface area contributed by atoms with Crippen LogP contribution in [0.3, 0.4) is 0 Å². The molecule has 2 rings (SSSR count). The minimum atomic E-state index is -0.0821. The van der Waals surface area contributed by atoms with E-state index in [-0.39, 0.29) is 5.54 Å². The van der Waals surface area contributed by atoms with E-state index < -0.39 is 0 Å². The second-order valence-corrected chi connectivity index (χ2v) is 4.26. The molecule has 15 heavy (non-hydrogen) atoms. The normalized spacial score (nSPS) is 25.8. The SMILES string of the molecule is CCC1(c2nc(N(C)C)no2)CCCN1. The van der Waals surface area contributed by atoms with Crippen LogP contribution in [-0.2, 0) is 5.54 Å². The van der Waals surface area contributed by atoms with E-state index in [0.29, 0.717) is 5.95 Å². The van der Waals surface area contributed by atoms with Gasteiger partial charge in [0, 0.05) is 14.1 Å². The fraction of sp³-hybridized carbons (Fsp3) is 0.800. The predicted octanol–water partition coefficient (Wildman–Crippen LogP) is 1.12. The monoisotopic (exact) mass is 210 g/mol. The van der Waals surface area contributed by atoms with Gasteiger partial charge in [0.15, 0.2) is 0 Å². The van der Waals surface area contributed by atoms with Gasteiger partial charge in [0.1, 0.15) is 0 Å². The van der Waals surface area contributed by atoms with Crippen molar-refractivity contribution >= 4 is 5.95 Å². The van der Waals surface area contributed by atoms with Gasteiger partial charge >= 0.3 is 0 Å². The molecule has 0 spiro atoms. The first kappa shape index (κ1) is 10.4. The van der Waals surface area contributed by atoms with Gasteiger partial charge in [-0.15, -0.1) is 0 Å². The molecule has 1 atom stereocenters. The molecule has 0 amide bonds. The van der Waals surface area contributed by atoms with Crippen molar-refractivity contribution in [3.05, 3.63) is 5.89 Å². The zero-order chi connectivity index (χ0) is 10.9. The van der Waals surface area contributed by atoms with Gasteiger partial charge in [-0.2, -0.15) is 4.98 Å². The van der Waals surface area contributed by atoms with Gasteiger partial charge in [0.2, 0.25) is 5.89 Å². The highest BCUT2D eigenvalue weighted by Gasteiger charge is 2.38. The molecule has 1 aliphatic rings. The number of hydrogen-bond donors (Lipinski definition) is 1. The first-order chi connectivity index (χ1) is 7.18. The molecule has 84 valence electrons. The van der Waals surface area contributed by atoms with Crippen LogP contribution >= 0.6 is 0 Å². The second-order valence-electron chi connectivity index (χ2n) is 4.26. The molecule has 1 unspecified atom stereocenters. The average Bonchev–Trinajstić information content (AvgIpc) is 2.87. The van der Waals surface area contributed by atoms with Crippen LogP contribution in [0.4, 0.5) is 5.95 Å². The van der Waals surface area contributed by atoms with E-state index in [9.17, 15) is 0 Å². The lowest BCUT2D eigenvalue weighted by molar-refractivity contribution is 0.250.